The summed E-state index contributed by atoms with van der Waals surface area (Å²) >= 11 is 15.1. The molecule has 0 N–H and O–H groups in total. The molecule has 0 amide bonds. The van der Waals surface area contributed by atoms with Crippen molar-refractivity contribution in [3.05, 3.63) is 34.3 Å². The molecule has 2 rings (SSSR count). The Balaban J connectivity index is 2.54. The normalized spacial score (nSPS) is 10.7. The number of aromatic nitrogens is 2. The lowest BCUT2D eigenvalue weighted by atomic mass is 10.2. The minimum absolute atomic E-state index is 0.618. The molecule has 0 atom stereocenters. The monoisotopic (exact) mass is 316 g/mol. The molecule has 1 heterocycles. The van der Waals surface area contributed by atoms with Crippen LogP contribution >= 0.6 is 46.7 Å². The molecule has 94 valence electrons. The zero-order valence-corrected chi connectivity index (χ0v) is 12.9. The average Bonchev–Trinajstić information content (AvgIpc) is 2.40. The molecule has 1 aromatic heterocycles. The van der Waals surface area contributed by atoms with Gasteiger partial charge in [0.15, 0.2) is 5.82 Å². The number of hydrogen-bond donors (Lipinski definition) is 0. The molecular weight excluding hydrogens is 307 g/mol. The molecule has 0 aliphatic heterocycles. The first-order valence-corrected chi connectivity index (χ1v) is 8.27. The van der Waals surface area contributed by atoms with Gasteiger partial charge in [0.05, 0.1) is 0 Å². The van der Waals surface area contributed by atoms with E-state index in [-0.39, 0.29) is 0 Å². The van der Waals surface area contributed by atoms with E-state index in [1.54, 1.807) is 0 Å². The van der Waals surface area contributed by atoms with E-state index in [9.17, 15) is 0 Å². The quantitative estimate of drug-likeness (QED) is 0.594. The summed E-state index contributed by atoms with van der Waals surface area (Å²) in [6.45, 7) is 0. The summed E-state index contributed by atoms with van der Waals surface area (Å²) in [7, 11) is 0. The summed E-state index contributed by atoms with van der Waals surface area (Å²) < 4.78 is 0. The van der Waals surface area contributed by atoms with Crippen LogP contribution in [0, 0.1) is 0 Å². The van der Waals surface area contributed by atoms with Crippen LogP contribution in [0.5, 0.6) is 0 Å². The number of hydrogen-bond acceptors (Lipinski definition) is 4. The van der Waals surface area contributed by atoms with Crippen LogP contribution < -0.4 is 0 Å². The van der Waals surface area contributed by atoms with Gasteiger partial charge in [-0.15, -0.1) is 23.5 Å². The predicted octanol–water partition coefficient (Wildman–Crippen LogP) is 4.89. The minimum atomic E-state index is 0.618. The van der Waals surface area contributed by atoms with Crippen LogP contribution in [0.3, 0.4) is 0 Å². The van der Waals surface area contributed by atoms with Gasteiger partial charge in [0.1, 0.15) is 15.1 Å². The first-order valence-electron chi connectivity index (χ1n) is 5.07. The van der Waals surface area contributed by atoms with E-state index in [4.69, 9.17) is 23.2 Å². The number of halogens is 2. The van der Waals surface area contributed by atoms with Gasteiger partial charge in [-0.1, -0.05) is 23.2 Å². The van der Waals surface area contributed by atoms with Crippen molar-refractivity contribution in [3.63, 3.8) is 0 Å². The van der Waals surface area contributed by atoms with E-state index in [2.05, 4.69) is 9.97 Å². The SMILES string of the molecule is CSc1nc(-c2ccc(Cl)cc2)nc(SC)c1Cl. The fourth-order valence-electron chi connectivity index (χ4n) is 1.41. The van der Waals surface area contributed by atoms with Gasteiger partial charge in [-0.2, -0.15) is 0 Å². The van der Waals surface area contributed by atoms with Crippen molar-refractivity contribution < 1.29 is 0 Å². The van der Waals surface area contributed by atoms with Gasteiger partial charge in [0.2, 0.25) is 0 Å². The van der Waals surface area contributed by atoms with Crippen LogP contribution in [0.25, 0.3) is 11.4 Å². The third kappa shape index (κ3) is 2.94. The van der Waals surface area contributed by atoms with E-state index in [1.165, 1.54) is 23.5 Å². The van der Waals surface area contributed by atoms with Crippen LogP contribution in [0.1, 0.15) is 0 Å². The summed E-state index contributed by atoms with van der Waals surface area (Å²) in [6.07, 6.45) is 3.90. The molecular formula is C12H10Cl2N2S2. The second-order valence-corrected chi connectivity index (χ2v) is 5.79. The highest BCUT2D eigenvalue weighted by atomic mass is 35.5. The van der Waals surface area contributed by atoms with Gasteiger partial charge in [-0.25, -0.2) is 9.97 Å². The van der Waals surface area contributed by atoms with Gasteiger partial charge >= 0.3 is 0 Å². The van der Waals surface area contributed by atoms with E-state index >= 15 is 0 Å². The van der Waals surface area contributed by atoms with Crippen molar-refractivity contribution in [2.45, 2.75) is 10.1 Å². The van der Waals surface area contributed by atoms with Crippen molar-refractivity contribution in [3.8, 4) is 11.4 Å². The Morgan fingerprint density at radius 2 is 1.39 bits per heavy atom. The molecule has 0 saturated heterocycles. The Kier molecular flexibility index (Phi) is 4.78. The van der Waals surface area contributed by atoms with Gasteiger partial charge in [0, 0.05) is 10.6 Å². The number of benzene rings is 1. The molecule has 0 fully saturated rings. The van der Waals surface area contributed by atoms with Crippen LogP contribution in [0.2, 0.25) is 10.0 Å². The molecule has 2 aromatic rings. The number of thioether (sulfide) groups is 2. The van der Waals surface area contributed by atoms with Crippen LogP contribution in [0.15, 0.2) is 34.3 Å². The fraction of sp³-hybridized carbons (Fsp3) is 0.167. The van der Waals surface area contributed by atoms with Crippen molar-refractivity contribution in [1.82, 2.24) is 9.97 Å². The largest absolute Gasteiger partial charge is 0.220 e. The number of nitrogens with zero attached hydrogens (tertiary/aromatic N) is 2. The van der Waals surface area contributed by atoms with Gasteiger partial charge in [-0.05, 0) is 36.8 Å². The maximum atomic E-state index is 6.21. The maximum absolute atomic E-state index is 6.21. The fourth-order valence-corrected chi connectivity index (χ4v) is 3.05. The van der Waals surface area contributed by atoms with Crippen LogP contribution in [0.4, 0.5) is 0 Å². The highest BCUT2D eigenvalue weighted by molar-refractivity contribution is 7.99. The molecule has 18 heavy (non-hydrogen) atoms. The molecule has 0 spiro atoms. The third-order valence-corrected chi connectivity index (χ3v) is 4.48. The Bertz CT molecular complexity index is 533. The maximum Gasteiger partial charge on any atom is 0.161 e. The van der Waals surface area contributed by atoms with Gasteiger partial charge in [-0.3, -0.25) is 0 Å². The molecule has 0 unspecified atom stereocenters. The highest BCUT2D eigenvalue weighted by Gasteiger charge is 2.12. The Labute approximate surface area is 125 Å². The van der Waals surface area contributed by atoms with E-state index < -0.39 is 0 Å². The lowest BCUT2D eigenvalue weighted by molar-refractivity contribution is 0.979. The average molecular weight is 317 g/mol. The molecule has 0 aliphatic rings. The molecule has 2 nitrogen and oxygen atoms in total. The smallest absolute Gasteiger partial charge is 0.161 e. The molecule has 6 heteroatoms. The van der Waals surface area contributed by atoms with Crippen molar-refractivity contribution in [2.24, 2.45) is 0 Å². The molecule has 0 aliphatic carbocycles. The Morgan fingerprint density at radius 3 is 1.83 bits per heavy atom. The standard InChI is InChI=1S/C12H10Cl2N2S2/c1-17-11-9(14)12(18-2)16-10(15-11)7-3-5-8(13)6-4-7/h3-6H,1-2H3. The first-order chi connectivity index (χ1) is 8.65. The Morgan fingerprint density at radius 1 is 0.889 bits per heavy atom. The second kappa shape index (κ2) is 6.15. The zero-order chi connectivity index (χ0) is 13.1. The molecule has 0 bridgehead atoms. The van der Waals surface area contributed by atoms with Crippen molar-refractivity contribution in [2.75, 3.05) is 12.5 Å². The predicted molar refractivity (Wildman–Crippen MR) is 81.1 cm³/mol. The second-order valence-electron chi connectivity index (χ2n) is 3.39. The summed E-state index contributed by atoms with van der Waals surface area (Å²) in [5.74, 6) is 0.671. The summed E-state index contributed by atoms with van der Waals surface area (Å²) in [4.78, 5) is 8.93. The topological polar surface area (TPSA) is 25.8 Å². The van der Waals surface area contributed by atoms with Crippen LogP contribution in [-0.4, -0.2) is 22.5 Å². The first kappa shape index (κ1) is 14.0. The van der Waals surface area contributed by atoms with Gasteiger partial charge < -0.3 is 0 Å². The van der Waals surface area contributed by atoms with E-state index in [0.717, 1.165) is 15.6 Å². The van der Waals surface area contributed by atoms with E-state index in [0.29, 0.717) is 15.9 Å². The zero-order valence-electron chi connectivity index (χ0n) is 9.78. The highest BCUT2D eigenvalue weighted by Crippen LogP contribution is 2.33. The van der Waals surface area contributed by atoms with Crippen LogP contribution in [-0.2, 0) is 0 Å². The molecule has 0 radical (unpaired) electrons. The lowest BCUT2D eigenvalue weighted by Gasteiger charge is -2.08. The number of rotatable bonds is 3. The summed E-state index contributed by atoms with van der Waals surface area (Å²) in [5, 5.41) is 2.90. The summed E-state index contributed by atoms with van der Waals surface area (Å²) in [6, 6.07) is 7.46. The Hall–Kier alpha value is -0.420. The van der Waals surface area contributed by atoms with Gasteiger partial charge in [0.25, 0.3) is 0 Å². The lowest BCUT2D eigenvalue weighted by Crippen LogP contribution is -1.95. The molecule has 1 aromatic carbocycles. The minimum Gasteiger partial charge on any atom is -0.220 e. The van der Waals surface area contributed by atoms with E-state index in [1.807, 2.05) is 36.8 Å². The molecule has 0 saturated carbocycles. The van der Waals surface area contributed by atoms with Crippen molar-refractivity contribution in [1.29, 1.82) is 0 Å². The summed E-state index contributed by atoms with van der Waals surface area (Å²) in [5.41, 5.74) is 0.932. The third-order valence-electron chi connectivity index (χ3n) is 2.28. The van der Waals surface area contributed by atoms with Crippen molar-refractivity contribution >= 4 is 46.7 Å².